The molecule has 0 unspecified atom stereocenters. The zero-order chi connectivity index (χ0) is 14.1. The van der Waals surface area contributed by atoms with Crippen LogP contribution in [-0.2, 0) is 11.3 Å². The maximum absolute atomic E-state index is 6.17. The monoisotopic (exact) mass is 285 g/mol. The van der Waals surface area contributed by atoms with Crippen LogP contribution < -0.4 is 10.1 Å². The SMILES string of the molecule is COc1cccc(Cl)c1CNCCCCOC(C)C. The molecule has 0 aromatic heterocycles. The lowest BCUT2D eigenvalue weighted by Gasteiger charge is -2.11. The standard InChI is InChI=1S/C15H24ClNO2/c1-12(2)19-10-5-4-9-17-11-13-14(16)7-6-8-15(13)18-3/h6-8,12,17H,4-5,9-11H2,1-3H3. The molecule has 1 rings (SSSR count). The van der Waals surface area contributed by atoms with Crippen molar-refractivity contribution in [3.63, 3.8) is 0 Å². The number of rotatable bonds is 9. The van der Waals surface area contributed by atoms with Gasteiger partial charge in [-0.3, -0.25) is 0 Å². The molecular weight excluding hydrogens is 262 g/mol. The minimum absolute atomic E-state index is 0.320. The lowest BCUT2D eigenvalue weighted by Crippen LogP contribution is -2.16. The van der Waals surface area contributed by atoms with E-state index >= 15 is 0 Å². The van der Waals surface area contributed by atoms with E-state index in [1.165, 1.54) is 0 Å². The Labute approximate surface area is 121 Å². The van der Waals surface area contributed by atoms with Gasteiger partial charge in [0.2, 0.25) is 0 Å². The van der Waals surface area contributed by atoms with Crippen molar-refractivity contribution in [2.45, 2.75) is 39.3 Å². The molecule has 0 bridgehead atoms. The van der Waals surface area contributed by atoms with Gasteiger partial charge in [-0.1, -0.05) is 17.7 Å². The van der Waals surface area contributed by atoms with Crippen molar-refractivity contribution in [2.75, 3.05) is 20.3 Å². The molecule has 1 aromatic rings. The maximum Gasteiger partial charge on any atom is 0.124 e. The van der Waals surface area contributed by atoms with E-state index in [0.717, 1.165) is 48.9 Å². The predicted molar refractivity (Wildman–Crippen MR) is 80.0 cm³/mol. The van der Waals surface area contributed by atoms with Crippen LogP contribution in [0.4, 0.5) is 0 Å². The molecule has 0 saturated heterocycles. The lowest BCUT2D eigenvalue weighted by atomic mass is 10.2. The van der Waals surface area contributed by atoms with Crippen molar-refractivity contribution in [3.8, 4) is 5.75 Å². The van der Waals surface area contributed by atoms with Crippen LogP contribution in [0.2, 0.25) is 5.02 Å². The molecule has 19 heavy (non-hydrogen) atoms. The Morgan fingerprint density at radius 1 is 1.26 bits per heavy atom. The average molecular weight is 286 g/mol. The predicted octanol–water partition coefficient (Wildman–Crippen LogP) is 3.64. The molecule has 0 spiro atoms. The van der Waals surface area contributed by atoms with Crippen LogP contribution >= 0.6 is 11.6 Å². The molecular formula is C15H24ClNO2. The molecule has 0 aliphatic rings. The van der Waals surface area contributed by atoms with Gasteiger partial charge in [0.05, 0.1) is 13.2 Å². The quantitative estimate of drug-likeness (QED) is 0.703. The first-order valence-corrected chi connectivity index (χ1v) is 7.16. The van der Waals surface area contributed by atoms with Gasteiger partial charge in [0.15, 0.2) is 0 Å². The zero-order valence-corrected chi connectivity index (χ0v) is 12.8. The molecule has 0 amide bonds. The van der Waals surface area contributed by atoms with Crippen molar-refractivity contribution in [1.82, 2.24) is 5.32 Å². The molecule has 0 aliphatic carbocycles. The van der Waals surface area contributed by atoms with E-state index in [2.05, 4.69) is 19.2 Å². The third-order valence-electron chi connectivity index (χ3n) is 2.80. The molecule has 1 N–H and O–H groups in total. The summed E-state index contributed by atoms with van der Waals surface area (Å²) in [6, 6.07) is 5.71. The molecule has 0 heterocycles. The number of hydrogen-bond donors (Lipinski definition) is 1. The fraction of sp³-hybridized carbons (Fsp3) is 0.600. The van der Waals surface area contributed by atoms with Crippen molar-refractivity contribution in [3.05, 3.63) is 28.8 Å². The fourth-order valence-corrected chi connectivity index (χ4v) is 2.02. The number of ether oxygens (including phenoxy) is 2. The second kappa shape index (κ2) is 9.18. The summed E-state index contributed by atoms with van der Waals surface area (Å²) in [7, 11) is 1.67. The first-order valence-electron chi connectivity index (χ1n) is 6.79. The van der Waals surface area contributed by atoms with E-state index in [-0.39, 0.29) is 0 Å². The van der Waals surface area contributed by atoms with Crippen molar-refractivity contribution < 1.29 is 9.47 Å². The van der Waals surface area contributed by atoms with Crippen LogP contribution in [-0.4, -0.2) is 26.4 Å². The molecule has 0 atom stereocenters. The van der Waals surface area contributed by atoms with Crippen LogP contribution in [0.5, 0.6) is 5.75 Å². The number of methoxy groups -OCH3 is 1. The van der Waals surface area contributed by atoms with Crippen LogP contribution in [0.3, 0.4) is 0 Å². The van der Waals surface area contributed by atoms with E-state index < -0.39 is 0 Å². The van der Waals surface area contributed by atoms with E-state index in [4.69, 9.17) is 21.1 Å². The lowest BCUT2D eigenvalue weighted by molar-refractivity contribution is 0.0760. The van der Waals surface area contributed by atoms with Crippen LogP contribution in [0.25, 0.3) is 0 Å². The molecule has 3 nitrogen and oxygen atoms in total. The van der Waals surface area contributed by atoms with Gasteiger partial charge in [-0.05, 0) is 45.4 Å². The number of unbranched alkanes of at least 4 members (excludes halogenated alkanes) is 1. The fourth-order valence-electron chi connectivity index (χ4n) is 1.79. The first kappa shape index (κ1) is 16.3. The summed E-state index contributed by atoms with van der Waals surface area (Å²) in [5.41, 5.74) is 1.02. The first-order chi connectivity index (χ1) is 9.15. The summed E-state index contributed by atoms with van der Waals surface area (Å²) in [6.07, 6.45) is 2.49. The number of nitrogens with one attached hydrogen (secondary N) is 1. The Hall–Kier alpha value is -0.770. The summed E-state index contributed by atoms with van der Waals surface area (Å²) in [4.78, 5) is 0. The summed E-state index contributed by atoms with van der Waals surface area (Å²) in [6.45, 7) is 6.63. The summed E-state index contributed by atoms with van der Waals surface area (Å²) in [5.74, 6) is 0.836. The highest BCUT2D eigenvalue weighted by atomic mass is 35.5. The van der Waals surface area contributed by atoms with Crippen molar-refractivity contribution >= 4 is 11.6 Å². The van der Waals surface area contributed by atoms with Gasteiger partial charge < -0.3 is 14.8 Å². The Bertz CT molecular complexity index is 369. The zero-order valence-electron chi connectivity index (χ0n) is 12.0. The van der Waals surface area contributed by atoms with Gasteiger partial charge in [0.1, 0.15) is 5.75 Å². The van der Waals surface area contributed by atoms with Crippen LogP contribution in [0.15, 0.2) is 18.2 Å². The highest BCUT2D eigenvalue weighted by Gasteiger charge is 2.06. The smallest absolute Gasteiger partial charge is 0.124 e. The van der Waals surface area contributed by atoms with Gasteiger partial charge in [0.25, 0.3) is 0 Å². The Balaban J connectivity index is 2.22. The summed E-state index contributed by atoms with van der Waals surface area (Å²) < 4.78 is 10.8. The van der Waals surface area contributed by atoms with Gasteiger partial charge in [-0.2, -0.15) is 0 Å². The maximum atomic E-state index is 6.17. The van der Waals surface area contributed by atoms with Gasteiger partial charge >= 0.3 is 0 Å². The normalized spacial score (nSPS) is 11.0. The Morgan fingerprint density at radius 2 is 2.05 bits per heavy atom. The second-order valence-electron chi connectivity index (χ2n) is 4.72. The highest BCUT2D eigenvalue weighted by Crippen LogP contribution is 2.25. The van der Waals surface area contributed by atoms with E-state index in [0.29, 0.717) is 6.10 Å². The molecule has 4 heteroatoms. The molecule has 1 aromatic carbocycles. The van der Waals surface area contributed by atoms with Gasteiger partial charge in [-0.25, -0.2) is 0 Å². The van der Waals surface area contributed by atoms with Crippen LogP contribution in [0, 0.1) is 0 Å². The topological polar surface area (TPSA) is 30.5 Å². The third-order valence-corrected chi connectivity index (χ3v) is 3.15. The second-order valence-corrected chi connectivity index (χ2v) is 5.13. The molecule has 108 valence electrons. The largest absolute Gasteiger partial charge is 0.496 e. The minimum Gasteiger partial charge on any atom is -0.496 e. The van der Waals surface area contributed by atoms with Crippen LogP contribution in [0.1, 0.15) is 32.3 Å². The molecule has 0 fully saturated rings. The number of halogens is 1. The number of hydrogen-bond acceptors (Lipinski definition) is 3. The summed E-state index contributed by atoms with van der Waals surface area (Å²) in [5, 5.41) is 4.13. The van der Waals surface area contributed by atoms with Gasteiger partial charge in [0, 0.05) is 23.7 Å². The van der Waals surface area contributed by atoms with E-state index in [9.17, 15) is 0 Å². The Morgan fingerprint density at radius 3 is 2.74 bits per heavy atom. The third kappa shape index (κ3) is 6.28. The average Bonchev–Trinajstić information content (AvgIpc) is 2.38. The molecule has 0 radical (unpaired) electrons. The van der Waals surface area contributed by atoms with E-state index in [1.807, 2.05) is 18.2 Å². The van der Waals surface area contributed by atoms with Crippen molar-refractivity contribution in [1.29, 1.82) is 0 Å². The molecule has 0 aliphatic heterocycles. The van der Waals surface area contributed by atoms with Gasteiger partial charge in [-0.15, -0.1) is 0 Å². The summed E-state index contributed by atoms with van der Waals surface area (Å²) >= 11 is 6.17. The van der Waals surface area contributed by atoms with E-state index in [1.54, 1.807) is 7.11 Å². The van der Waals surface area contributed by atoms with Crippen molar-refractivity contribution in [2.24, 2.45) is 0 Å². The minimum atomic E-state index is 0.320. The number of benzene rings is 1. The molecule has 0 saturated carbocycles. The highest BCUT2D eigenvalue weighted by molar-refractivity contribution is 6.31. The Kier molecular flexibility index (Phi) is 7.87.